The standard InChI is InChI=1S/C24H24FN5O4S/c1-5-33-22-11-10-20(12-21(22)25)35(31,32)29-18-6-8-19(9-7-18)34-24-13-23(26-14-27-24)30-17(4)15(2)16(3)28-30/h6-14,29H,5H2,1-4H3. The van der Waals surface area contributed by atoms with E-state index in [-0.39, 0.29) is 22.9 Å². The number of halogens is 1. The van der Waals surface area contributed by atoms with E-state index >= 15 is 0 Å². The largest absolute Gasteiger partial charge is 0.491 e. The van der Waals surface area contributed by atoms with Crippen molar-refractivity contribution in [1.82, 2.24) is 19.7 Å². The molecule has 2 aromatic heterocycles. The van der Waals surface area contributed by atoms with Gasteiger partial charge >= 0.3 is 0 Å². The van der Waals surface area contributed by atoms with Crippen LogP contribution in [0.25, 0.3) is 5.82 Å². The molecule has 0 spiro atoms. The average molecular weight is 498 g/mol. The number of hydrogen-bond acceptors (Lipinski definition) is 7. The first-order chi connectivity index (χ1) is 16.7. The Balaban J connectivity index is 1.48. The fourth-order valence-electron chi connectivity index (χ4n) is 3.29. The average Bonchev–Trinajstić information content (AvgIpc) is 3.09. The minimum absolute atomic E-state index is 0.00573. The van der Waals surface area contributed by atoms with E-state index in [1.807, 2.05) is 20.8 Å². The van der Waals surface area contributed by atoms with Gasteiger partial charge in [-0.25, -0.2) is 27.5 Å². The number of hydrogen-bond donors (Lipinski definition) is 1. The van der Waals surface area contributed by atoms with Gasteiger partial charge in [-0.3, -0.25) is 4.72 Å². The Hall–Kier alpha value is -3.99. The van der Waals surface area contributed by atoms with Crippen LogP contribution in [0.1, 0.15) is 23.9 Å². The summed E-state index contributed by atoms with van der Waals surface area (Å²) in [4.78, 5) is 8.19. The van der Waals surface area contributed by atoms with Gasteiger partial charge < -0.3 is 9.47 Å². The first-order valence-corrected chi connectivity index (χ1v) is 12.2. The fraction of sp³-hybridized carbons (Fsp3) is 0.208. The van der Waals surface area contributed by atoms with Crippen LogP contribution in [0.4, 0.5) is 10.1 Å². The predicted octanol–water partition coefficient (Wildman–Crippen LogP) is 4.72. The summed E-state index contributed by atoms with van der Waals surface area (Å²) in [5.74, 6) is 0.551. The van der Waals surface area contributed by atoms with E-state index in [2.05, 4.69) is 19.8 Å². The minimum atomic E-state index is -4.00. The van der Waals surface area contributed by atoms with Crippen molar-refractivity contribution in [3.63, 3.8) is 0 Å². The molecule has 4 rings (SSSR count). The van der Waals surface area contributed by atoms with Gasteiger partial charge in [-0.05, 0) is 75.7 Å². The van der Waals surface area contributed by atoms with Crippen molar-refractivity contribution in [2.24, 2.45) is 0 Å². The van der Waals surface area contributed by atoms with Crippen LogP contribution in [0.15, 0.2) is 59.8 Å². The highest BCUT2D eigenvalue weighted by atomic mass is 32.2. The molecule has 0 saturated heterocycles. The third kappa shape index (κ3) is 5.24. The van der Waals surface area contributed by atoms with E-state index in [0.29, 0.717) is 17.4 Å². The van der Waals surface area contributed by atoms with Crippen molar-refractivity contribution in [2.75, 3.05) is 11.3 Å². The van der Waals surface area contributed by atoms with Crippen molar-refractivity contribution in [1.29, 1.82) is 0 Å². The molecule has 0 aliphatic rings. The minimum Gasteiger partial charge on any atom is -0.491 e. The number of aromatic nitrogens is 4. The van der Waals surface area contributed by atoms with E-state index in [4.69, 9.17) is 9.47 Å². The number of anilines is 1. The number of ether oxygens (including phenoxy) is 2. The summed E-state index contributed by atoms with van der Waals surface area (Å²) in [7, 11) is -4.00. The van der Waals surface area contributed by atoms with Crippen LogP contribution in [0.5, 0.6) is 17.4 Å². The lowest BCUT2D eigenvalue weighted by Gasteiger charge is -2.11. The molecule has 0 saturated carbocycles. The molecule has 4 aromatic rings. The van der Waals surface area contributed by atoms with Crippen LogP contribution < -0.4 is 14.2 Å². The number of nitrogens with zero attached hydrogens (tertiary/aromatic N) is 4. The zero-order valence-corrected chi connectivity index (χ0v) is 20.4. The lowest BCUT2D eigenvalue weighted by molar-refractivity contribution is 0.321. The van der Waals surface area contributed by atoms with Crippen LogP contribution in [0, 0.1) is 26.6 Å². The van der Waals surface area contributed by atoms with Gasteiger partial charge in [0.05, 0.1) is 17.2 Å². The van der Waals surface area contributed by atoms with Crippen LogP contribution in [0.3, 0.4) is 0 Å². The van der Waals surface area contributed by atoms with Crippen molar-refractivity contribution in [2.45, 2.75) is 32.6 Å². The lowest BCUT2D eigenvalue weighted by atomic mass is 10.2. The molecule has 0 amide bonds. The summed E-state index contributed by atoms with van der Waals surface area (Å²) in [5, 5.41) is 4.49. The van der Waals surface area contributed by atoms with Crippen LogP contribution in [0.2, 0.25) is 0 Å². The summed E-state index contributed by atoms with van der Waals surface area (Å²) >= 11 is 0. The summed E-state index contributed by atoms with van der Waals surface area (Å²) in [5.41, 5.74) is 3.25. The van der Waals surface area contributed by atoms with E-state index in [9.17, 15) is 12.8 Å². The molecule has 1 N–H and O–H groups in total. The fourth-order valence-corrected chi connectivity index (χ4v) is 4.36. The maximum atomic E-state index is 14.1. The molecular weight excluding hydrogens is 473 g/mol. The lowest BCUT2D eigenvalue weighted by Crippen LogP contribution is -2.13. The molecule has 182 valence electrons. The summed E-state index contributed by atoms with van der Waals surface area (Å²) in [6, 6.07) is 11.4. The molecule has 0 bridgehead atoms. The number of benzene rings is 2. The molecule has 0 aliphatic carbocycles. The van der Waals surface area contributed by atoms with Gasteiger partial charge in [-0.1, -0.05) is 0 Å². The van der Waals surface area contributed by atoms with Crippen molar-refractivity contribution in [3.8, 4) is 23.2 Å². The van der Waals surface area contributed by atoms with E-state index < -0.39 is 15.8 Å². The molecule has 0 unspecified atom stereocenters. The Morgan fingerprint density at radius 2 is 1.77 bits per heavy atom. The Bertz CT molecular complexity index is 1470. The first-order valence-electron chi connectivity index (χ1n) is 10.8. The van der Waals surface area contributed by atoms with Gasteiger partial charge in [0.15, 0.2) is 17.4 Å². The Kier molecular flexibility index (Phi) is 6.70. The molecule has 35 heavy (non-hydrogen) atoms. The second-order valence-electron chi connectivity index (χ2n) is 7.68. The summed E-state index contributed by atoms with van der Waals surface area (Å²) < 4.78 is 54.5. The third-order valence-electron chi connectivity index (χ3n) is 5.34. The smallest absolute Gasteiger partial charge is 0.262 e. The van der Waals surface area contributed by atoms with Gasteiger partial charge in [0, 0.05) is 17.4 Å². The SMILES string of the molecule is CCOc1ccc(S(=O)(=O)Nc2ccc(Oc3cc(-n4nc(C)c(C)c4C)ncn3)cc2)cc1F. The van der Waals surface area contributed by atoms with Crippen LogP contribution in [-0.4, -0.2) is 34.8 Å². The molecule has 9 nitrogen and oxygen atoms in total. The topological polar surface area (TPSA) is 108 Å². The molecule has 0 fully saturated rings. The number of sulfonamides is 1. The van der Waals surface area contributed by atoms with Crippen LogP contribution in [-0.2, 0) is 10.0 Å². The third-order valence-corrected chi connectivity index (χ3v) is 6.72. The molecule has 11 heteroatoms. The summed E-state index contributed by atoms with van der Waals surface area (Å²) in [6.45, 7) is 7.87. The van der Waals surface area contributed by atoms with Crippen molar-refractivity contribution < 1.29 is 22.3 Å². The molecule has 0 atom stereocenters. The normalized spacial score (nSPS) is 11.3. The predicted molar refractivity (Wildman–Crippen MR) is 128 cm³/mol. The van der Waals surface area contributed by atoms with Gasteiger partial charge in [-0.2, -0.15) is 5.10 Å². The Morgan fingerprint density at radius 3 is 2.40 bits per heavy atom. The maximum absolute atomic E-state index is 14.1. The number of rotatable bonds is 8. The van der Waals surface area contributed by atoms with Gasteiger partial charge in [0.1, 0.15) is 12.1 Å². The first kappa shape index (κ1) is 24.1. The van der Waals surface area contributed by atoms with E-state index in [1.165, 1.54) is 30.6 Å². The van der Waals surface area contributed by atoms with Crippen molar-refractivity contribution in [3.05, 3.63) is 77.6 Å². The molecule has 2 aromatic carbocycles. The number of nitrogens with one attached hydrogen (secondary N) is 1. The molecule has 0 radical (unpaired) electrons. The maximum Gasteiger partial charge on any atom is 0.262 e. The van der Waals surface area contributed by atoms with Gasteiger partial charge in [0.2, 0.25) is 5.88 Å². The summed E-state index contributed by atoms with van der Waals surface area (Å²) in [6.07, 6.45) is 1.38. The second-order valence-corrected chi connectivity index (χ2v) is 9.36. The monoisotopic (exact) mass is 497 g/mol. The van der Waals surface area contributed by atoms with E-state index in [0.717, 1.165) is 23.0 Å². The van der Waals surface area contributed by atoms with Gasteiger partial charge in [-0.15, -0.1) is 0 Å². The number of aryl methyl sites for hydroxylation is 1. The van der Waals surface area contributed by atoms with Crippen molar-refractivity contribution >= 4 is 15.7 Å². The van der Waals surface area contributed by atoms with Gasteiger partial charge in [0.25, 0.3) is 10.0 Å². The zero-order valence-electron chi connectivity index (χ0n) is 19.6. The second kappa shape index (κ2) is 9.71. The Labute approximate surface area is 202 Å². The molecule has 2 heterocycles. The highest BCUT2D eigenvalue weighted by Gasteiger charge is 2.17. The van der Waals surface area contributed by atoms with E-state index in [1.54, 1.807) is 29.8 Å². The quantitative estimate of drug-likeness (QED) is 0.375. The molecule has 0 aliphatic heterocycles. The Morgan fingerprint density at radius 1 is 1.03 bits per heavy atom. The highest BCUT2D eigenvalue weighted by Crippen LogP contribution is 2.26. The molecular formula is C24H24FN5O4S. The highest BCUT2D eigenvalue weighted by molar-refractivity contribution is 7.92. The van der Waals surface area contributed by atoms with Crippen LogP contribution >= 0.6 is 0 Å². The zero-order chi connectivity index (χ0) is 25.2.